The summed E-state index contributed by atoms with van der Waals surface area (Å²) < 4.78 is 137. The number of hydrogen-bond donors (Lipinski definition) is 3. The zero-order chi connectivity index (χ0) is 70.7. The number of carbonyl (C=O) groups excluding carboxylic acids is 3. The van der Waals surface area contributed by atoms with Crippen LogP contribution in [0, 0.1) is 11.5 Å². The van der Waals surface area contributed by atoms with Gasteiger partial charge in [-0.3, -0.25) is 4.79 Å². The summed E-state index contributed by atoms with van der Waals surface area (Å²) >= 11 is 9.77. The Balaban J connectivity index is 0.000000272. The number of hydrogen-bond acceptors (Lipinski definition) is 14. The molecule has 0 aliphatic heterocycles. The van der Waals surface area contributed by atoms with Crippen LogP contribution in [0.1, 0.15) is 51.8 Å². The van der Waals surface area contributed by atoms with Crippen molar-refractivity contribution in [3.05, 3.63) is 271 Å². The Kier molecular flexibility index (Phi) is 32.8. The standard InChI is InChI=1S/C22H12F3NO4.C21H13F3O4.C12H10O2.C9H4ClF3O2.C6H15N.CH3Cl/c23-20(24)21(25)29-18-11-5-16(6-12-18)22(27)30-19-9-3-15(4-10-19)14-1-7-17(8-2-14)28-13-26;22-19(23)20(24)27-17-11-5-15(6-12-17)21(26)28-18-9-3-14(4-10-18)13-1-7-16(25)8-2-13;13-11-5-1-9(2-6-11)10-3-7-12(14)8-4-10;10-7(14)5-1-3-6(4-2-5)15-9(13)8(11)12;1-4-7(5-2)6-3;1-2/h1-12H;1-12,25H;1-8,13-14H;1-4H;4-6H2,1-3H3;1H3. The van der Waals surface area contributed by atoms with E-state index in [1.165, 1.54) is 86.7 Å². The zero-order valence-electron chi connectivity index (χ0n) is 51.0. The first-order valence-electron chi connectivity index (χ1n) is 27.9. The fraction of sp³-hybridized carbons (Fsp3) is 0.0986. The van der Waals surface area contributed by atoms with Gasteiger partial charge in [-0.1, -0.05) is 93.6 Å². The van der Waals surface area contributed by atoms with Crippen LogP contribution >= 0.6 is 23.2 Å². The van der Waals surface area contributed by atoms with E-state index in [2.05, 4.69) is 51.5 Å². The van der Waals surface area contributed by atoms with Crippen molar-refractivity contribution in [2.24, 2.45) is 0 Å². The smallest absolute Gasteiger partial charge is 0.344 e. The summed E-state index contributed by atoms with van der Waals surface area (Å²) in [5.41, 5.74) is 5.95. The molecule has 96 heavy (non-hydrogen) atoms. The molecular formula is C71H57Cl2F9N2O12. The quantitative estimate of drug-likeness (QED) is 0.0140. The summed E-state index contributed by atoms with van der Waals surface area (Å²) in [6.07, 6.45) is -4.63. The van der Waals surface area contributed by atoms with Crippen LogP contribution in [0.3, 0.4) is 0 Å². The highest BCUT2D eigenvalue weighted by Gasteiger charge is 2.15. The van der Waals surface area contributed by atoms with Crippen LogP contribution in [0.15, 0.2) is 255 Å². The van der Waals surface area contributed by atoms with Crippen molar-refractivity contribution in [1.29, 1.82) is 5.26 Å². The molecule has 14 nitrogen and oxygen atoms in total. The van der Waals surface area contributed by atoms with Gasteiger partial charge in [0.1, 0.15) is 51.7 Å². The van der Waals surface area contributed by atoms with Gasteiger partial charge in [0.15, 0.2) is 0 Å². The Morgan fingerprint density at radius 2 is 0.562 bits per heavy atom. The summed E-state index contributed by atoms with van der Waals surface area (Å²) in [4.78, 5) is 37.3. The van der Waals surface area contributed by atoms with Gasteiger partial charge in [-0.2, -0.15) is 39.5 Å². The molecule has 0 fully saturated rings. The molecule has 0 spiro atoms. The molecule has 9 aromatic carbocycles. The molecule has 0 atom stereocenters. The van der Waals surface area contributed by atoms with E-state index in [1.54, 1.807) is 128 Å². The first-order valence-corrected chi connectivity index (χ1v) is 29.1. The van der Waals surface area contributed by atoms with Crippen LogP contribution in [0.4, 0.5) is 39.5 Å². The van der Waals surface area contributed by atoms with E-state index in [1.807, 2.05) is 24.3 Å². The maximum absolute atomic E-state index is 12.8. The summed E-state index contributed by atoms with van der Waals surface area (Å²) in [6, 6.07) is 49.4. The number of phenolic OH excluding ortho intramolecular Hbond substituents is 3. The Morgan fingerprint density at radius 1 is 0.354 bits per heavy atom. The zero-order valence-corrected chi connectivity index (χ0v) is 52.5. The number of phenols is 3. The summed E-state index contributed by atoms with van der Waals surface area (Å²) in [5, 5.41) is 35.3. The number of halogens is 11. The SMILES string of the molecule is CCN(CC)CC.CCl.N#COc1ccc(-c2ccc(OC(=O)c3ccc(OC(F)=C(F)F)cc3)cc2)cc1.O=C(Cl)c1ccc(OC(F)=C(F)F)cc1.O=C(Oc1ccc(-c2ccc(O)cc2)cc1)c1ccc(OC(F)=C(F)F)cc1.Oc1ccc(-c2ccc(O)cc2)cc1. The second-order valence-electron chi connectivity index (χ2n) is 18.6. The van der Waals surface area contributed by atoms with E-state index >= 15 is 0 Å². The Morgan fingerprint density at radius 3 is 0.771 bits per heavy atom. The van der Waals surface area contributed by atoms with Gasteiger partial charge in [0.25, 0.3) is 11.5 Å². The van der Waals surface area contributed by atoms with Crippen LogP contribution in [0.5, 0.6) is 51.7 Å². The number of aromatic hydroxyl groups is 3. The number of esters is 2. The number of nitrogens with zero attached hydrogens (tertiary/aromatic N) is 2. The summed E-state index contributed by atoms with van der Waals surface area (Å²) in [6.45, 7) is 10.1. The average molecular weight is 1370 g/mol. The molecular weight excluding hydrogens is 1310 g/mol. The molecule has 0 amide bonds. The number of carbonyl (C=O) groups is 3. The maximum Gasteiger partial charge on any atom is 0.344 e. The van der Waals surface area contributed by atoms with Crippen LogP contribution in [0.25, 0.3) is 33.4 Å². The van der Waals surface area contributed by atoms with Crippen molar-refractivity contribution in [1.82, 2.24) is 4.90 Å². The number of rotatable bonds is 18. The van der Waals surface area contributed by atoms with Gasteiger partial charge in [0, 0.05) is 11.9 Å². The van der Waals surface area contributed by atoms with Gasteiger partial charge < -0.3 is 48.6 Å². The molecule has 0 aliphatic rings. The lowest BCUT2D eigenvalue weighted by Gasteiger charge is -2.13. The van der Waals surface area contributed by atoms with Crippen molar-refractivity contribution >= 4 is 40.4 Å². The minimum absolute atomic E-state index is 0.129. The van der Waals surface area contributed by atoms with Gasteiger partial charge in [0.2, 0.25) is 0 Å². The molecule has 500 valence electrons. The fourth-order valence-electron chi connectivity index (χ4n) is 7.56. The van der Waals surface area contributed by atoms with Gasteiger partial charge in [-0.05, 0) is 210 Å². The van der Waals surface area contributed by atoms with Gasteiger partial charge in [-0.15, -0.1) is 16.9 Å². The molecule has 3 N–H and O–H groups in total. The first-order chi connectivity index (χ1) is 46.0. The van der Waals surface area contributed by atoms with Crippen LogP contribution < -0.4 is 28.4 Å². The molecule has 0 saturated carbocycles. The summed E-state index contributed by atoms with van der Waals surface area (Å²) in [5.74, 6) is -0.162. The Labute approximate surface area is 555 Å². The largest absolute Gasteiger partial charge is 0.508 e. The summed E-state index contributed by atoms with van der Waals surface area (Å²) in [7, 11) is 0. The predicted octanol–water partition coefficient (Wildman–Crippen LogP) is 20.0. The van der Waals surface area contributed by atoms with E-state index in [0.717, 1.165) is 45.5 Å². The second-order valence-corrected chi connectivity index (χ2v) is 18.9. The third-order valence-electron chi connectivity index (χ3n) is 12.4. The Hall–Kier alpha value is -11.2. The lowest BCUT2D eigenvalue weighted by molar-refractivity contribution is 0.0725. The average Bonchev–Trinajstić information content (AvgIpc) is 0.934. The van der Waals surface area contributed by atoms with E-state index in [0.29, 0.717) is 17.2 Å². The van der Waals surface area contributed by atoms with Crippen molar-refractivity contribution in [2.45, 2.75) is 20.8 Å². The third-order valence-corrected chi connectivity index (χ3v) is 12.6. The molecule has 0 saturated heterocycles. The van der Waals surface area contributed by atoms with E-state index in [-0.39, 0.29) is 51.2 Å². The van der Waals surface area contributed by atoms with Crippen molar-refractivity contribution in [2.75, 3.05) is 26.0 Å². The molecule has 0 unspecified atom stereocenters. The van der Waals surface area contributed by atoms with Crippen LogP contribution in [-0.2, 0) is 0 Å². The number of nitriles is 1. The first kappa shape index (κ1) is 77.3. The number of benzene rings is 9. The van der Waals surface area contributed by atoms with E-state index in [9.17, 15) is 59.0 Å². The van der Waals surface area contributed by atoms with Crippen molar-refractivity contribution in [3.8, 4) is 91.4 Å². The Bertz CT molecular complexity index is 3970. The normalized spacial score (nSPS) is 9.86. The highest BCUT2D eigenvalue weighted by Crippen LogP contribution is 2.29. The number of ether oxygens (including phenoxy) is 6. The van der Waals surface area contributed by atoms with Crippen LogP contribution in [-0.4, -0.2) is 63.4 Å². The van der Waals surface area contributed by atoms with E-state index < -0.39 is 53.5 Å². The molecule has 9 aromatic rings. The maximum atomic E-state index is 12.8. The molecule has 25 heteroatoms. The molecule has 0 aromatic heterocycles. The lowest BCUT2D eigenvalue weighted by atomic mass is 10.1. The van der Waals surface area contributed by atoms with Crippen molar-refractivity contribution in [3.63, 3.8) is 0 Å². The monoisotopic (exact) mass is 1370 g/mol. The fourth-order valence-corrected chi connectivity index (χ4v) is 7.69. The highest BCUT2D eigenvalue weighted by molar-refractivity contribution is 6.67. The molecule has 0 aliphatic carbocycles. The van der Waals surface area contributed by atoms with Gasteiger partial charge >= 0.3 is 48.2 Å². The number of alkyl halides is 1. The highest BCUT2D eigenvalue weighted by atomic mass is 35.5. The second kappa shape index (κ2) is 40.7. The molecule has 0 bridgehead atoms. The third kappa shape index (κ3) is 26.8. The predicted molar refractivity (Wildman–Crippen MR) is 344 cm³/mol. The topological polar surface area (TPSA) is 194 Å². The molecule has 9 rings (SSSR count). The lowest BCUT2D eigenvalue weighted by Crippen LogP contribution is -2.21. The van der Waals surface area contributed by atoms with Gasteiger partial charge in [-0.25, -0.2) is 9.59 Å². The van der Waals surface area contributed by atoms with Gasteiger partial charge in [0.05, 0.1) is 11.1 Å². The minimum Gasteiger partial charge on any atom is -0.508 e. The van der Waals surface area contributed by atoms with E-state index in [4.69, 9.17) is 41.3 Å². The minimum atomic E-state index is -2.58. The molecule has 0 radical (unpaired) electrons. The van der Waals surface area contributed by atoms with Crippen molar-refractivity contribution < 1.29 is 97.6 Å². The molecule has 0 heterocycles. The van der Waals surface area contributed by atoms with Crippen LogP contribution in [0.2, 0.25) is 0 Å².